The van der Waals surface area contributed by atoms with Crippen LogP contribution in [0.15, 0.2) is 18.2 Å². The fraction of sp³-hybridized carbons (Fsp3) is 0.440. The number of aryl methyl sites for hydroxylation is 1. The highest BCUT2D eigenvalue weighted by atomic mass is 16.2. The maximum Gasteiger partial charge on any atom is 0.256 e. The van der Waals surface area contributed by atoms with Gasteiger partial charge < -0.3 is 20.5 Å². The van der Waals surface area contributed by atoms with E-state index in [9.17, 15) is 9.59 Å². The number of aromatic nitrogens is 1. The molecule has 2 aromatic rings. The molecule has 0 unspecified atom stereocenters. The molecule has 0 saturated carbocycles. The number of H-pyrrole nitrogens is 1. The van der Waals surface area contributed by atoms with Crippen LogP contribution in [-0.2, 0) is 4.79 Å². The van der Waals surface area contributed by atoms with E-state index in [0.717, 1.165) is 47.8 Å². The Labute approximate surface area is 185 Å². The van der Waals surface area contributed by atoms with Gasteiger partial charge in [0.25, 0.3) is 11.8 Å². The molecule has 1 aromatic carbocycles. The largest absolute Gasteiger partial charge is 0.358 e. The van der Waals surface area contributed by atoms with Crippen molar-refractivity contribution in [3.05, 3.63) is 51.8 Å². The molecular formula is C25H34N4O2. The molecule has 0 spiro atoms. The number of fused-ring (bicyclic) bond motifs is 1. The second kappa shape index (κ2) is 9.52. The van der Waals surface area contributed by atoms with Crippen molar-refractivity contribution in [3.63, 3.8) is 0 Å². The van der Waals surface area contributed by atoms with Crippen molar-refractivity contribution in [2.24, 2.45) is 0 Å². The summed E-state index contributed by atoms with van der Waals surface area (Å²) in [4.78, 5) is 31.0. The van der Waals surface area contributed by atoms with Gasteiger partial charge in [-0.3, -0.25) is 9.59 Å². The number of nitrogens with zero attached hydrogens (tertiary/aromatic N) is 1. The number of carbonyl (C=O) groups is 2. The lowest BCUT2D eigenvalue weighted by atomic mass is 9.97. The molecule has 166 valence electrons. The molecule has 0 bridgehead atoms. The van der Waals surface area contributed by atoms with E-state index < -0.39 is 0 Å². The van der Waals surface area contributed by atoms with E-state index in [1.54, 1.807) is 0 Å². The van der Waals surface area contributed by atoms with Gasteiger partial charge in [-0.1, -0.05) is 33.8 Å². The Morgan fingerprint density at radius 3 is 2.55 bits per heavy atom. The molecule has 0 fully saturated rings. The summed E-state index contributed by atoms with van der Waals surface area (Å²) < 4.78 is 0. The molecule has 0 aliphatic carbocycles. The van der Waals surface area contributed by atoms with Crippen molar-refractivity contribution in [1.82, 2.24) is 15.2 Å². The van der Waals surface area contributed by atoms with Crippen LogP contribution in [-0.4, -0.2) is 47.9 Å². The number of amides is 2. The van der Waals surface area contributed by atoms with Crippen LogP contribution in [0.4, 0.5) is 5.69 Å². The standard InChI is InChI=1S/C25H34N4O2/c1-7-29(8-2)12-11-26-25(31)23-16(5)22(27-17(23)6)14-20-19-13-18(15(3)4)9-10-21(19)28-24(20)30/h9-10,13-15,27H,7-8,11-12H2,1-6H3,(H,26,31)(H,28,30)/b20-14-. The summed E-state index contributed by atoms with van der Waals surface area (Å²) in [5, 5.41) is 5.97. The molecular weight excluding hydrogens is 388 g/mol. The summed E-state index contributed by atoms with van der Waals surface area (Å²) in [6.07, 6.45) is 1.86. The molecule has 3 rings (SSSR count). The first kappa shape index (κ1) is 22.8. The van der Waals surface area contributed by atoms with Crippen LogP contribution < -0.4 is 10.6 Å². The molecule has 0 radical (unpaired) electrons. The van der Waals surface area contributed by atoms with Crippen LogP contribution in [0.5, 0.6) is 0 Å². The minimum atomic E-state index is -0.118. The number of benzene rings is 1. The molecule has 1 aliphatic rings. The third kappa shape index (κ3) is 4.74. The second-order valence-electron chi connectivity index (χ2n) is 8.42. The Bertz CT molecular complexity index is 1010. The van der Waals surface area contributed by atoms with Crippen molar-refractivity contribution in [3.8, 4) is 0 Å². The zero-order valence-corrected chi connectivity index (χ0v) is 19.5. The highest BCUT2D eigenvalue weighted by Crippen LogP contribution is 2.36. The summed E-state index contributed by atoms with van der Waals surface area (Å²) in [7, 11) is 0. The molecule has 0 saturated heterocycles. The van der Waals surface area contributed by atoms with Crippen molar-refractivity contribution in [1.29, 1.82) is 0 Å². The highest BCUT2D eigenvalue weighted by Gasteiger charge is 2.26. The van der Waals surface area contributed by atoms with Crippen LogP contribution in [0.25, 0.3) is 11.6 Å². The Morgan fingerprint density at radius 2 is 1.90 bits per heavy atom. The fourth-order valence-electron chi connectivity index (χ4n) is 4.07. The Morgan fingerprint density at radius 1 is 1.19 bits per heavy atom. The van der Waals surface area contributed by atoms with Crippen LogP contribution in [0, 0.1) is 13.8 Å². The molecule has 1 aliphatic heterocycles. The molecule has 6 heteroatoms. The summed E-state index contributed by atoms with van der Waals surface area (Å²) in [5.74, 6) is 0.178. The smallest absolute Gasteiger partial charge is 0.256 e. The quantitative estimate of drug-likeness (QED) is 0.555. The molecule has 3 N–H and O–H groups in total. The van der Waals surface area contributed by atoms with Crippen LogP contribution in [0.2, 0.25) is 0 Å². The van der Waals surface area contributed by atoms with E-state index in [1.165, 1.54) is 5.56 Å². The van der Waals surface area contributed by atoms with Gasteiger partial charge in [-0.25, -0.2) is 0 Å². The highest BCUT2D eigenvalue weighted by molar-refractivity contribution is 6.35. The zero-order chi connectivity index (χ0) is 22.7. The van der Waals surface area contributed by atoms with Crippen LogP contribution in [0.3, 0.4) is 0 Å². The molecule has 6 nitrogen and oxygen atoms in total. The predicted octanol–water partition coefficient (Wildman–Crippen LogP) is 4.32. The Hall–Kier alpha value is -2.86. The summed E-state index contributed by atoms with van der Waals surface area (Å²) >= 11 is 0. The van der Waals surface area contributed by atoms with Crippen molar-refractivity contribution in [2.45, 2.75) is 47.5 Å². The lowest BCUT2D eigenvalue weighted by Crippen LogP contribution is -2.35. The third-order valence-corrected chi connectivity index (χ3v) is 6.09. The fourth-order valence-corrected chi connectivity index (χ4v) is 4.07. The lowest BCUT2D eigenvalue weighted by Gasteiger charge is -2.18. The number of nitrogens with one attached hydrogen (secondary N) is 3. The van der Waals surface area contributed by atoms with E-state index in [0.29, 0.717) is 23.6 Å². The van der Waals surface area contributed by atoms with Crippen LogP contribution in [0.1, 0.15) is 72.0 Å². The van der Waals surface area contributed by atoms with Gasteiger partial charge in [0.15, 0.2) is 0 Å². The van der Waals surface area contributed by atoms with Gasteiger partial charge in [0.1, 0.15) is 0 Å². The van der Waals surface area contributed by atoms with Gasteiger partial charge in [-0.15, -0.1) is 0 Å². The molecule has 2 heterocycles. The third-order valence-electron chi connectivity index (χ3n) is 6.09. The number of likely N-dealkylation sites (N-methyl/N-ethyl adjacent to an activating group) is 1. The predicted molar refractivity (Wildman–Crippen MR) is 127 cm³/mol. The number of carbonyl (C=O) groups excluding carboxylic acids is 2. The van der Waals surface area contributed by atoms with Gasteiger partial charge in [-0.2, -0.15) is 0 Å². The van der Waals surface area contributed by atoms with Gasteiger partial charge in [0.05, 0.1) is 11.1 Å². The number of aromatic amines is 1. The summed E-state index contributed by atoms with van der Waals surface area (Å²) in [6, 6.07) is 6.10. The lowest BCUT2D eigenvalue weighted by molar-refractivity contribution is -0.110. The minimum Gasteiger partial charge on any atom is -0.358 e. The average Bonchev–Trinajstić information content (AvgIpc) is 3.20. The summed E-state index contributed by atoms with van der Waals surface area (Å²) in [6.45, 7) is 15.7. The molecule has 2 amide bonds. The van der Waals surface area contributed by atoms with E-state index >= 15 is 0 Å². The van der Waals surface area contributed by atoms with Crippen molar-refractivity contribution in [2.75, 3.05) is 31.5 Å². The maximum absolute atomic E-state index is 12.8. The monoisotopic (exact) mass is 422 g/mol. The molecule has 1 aromatic heterocycles. The van der Waals surface area contributed by atoms with E-state index in [4.69, 9.17) is 0 Å². The average molecular weight is 423 g/mol. The first-order valence-corrected chi connectivity index (χ1v) is 11.1. The zero-order valence-electron chi connectivity index (χ0n) is 19.5. The normalized spacial score (nSPS) is 14.5. The Balaban J connectivity index is 1.86. The van der Waals surface area contributed by atoms with Crippen molar-refractivity contribution >= 4 is 29.2 Å². The SMILES string of the molecule is CCN(CC)CCNC(=O)c1c(C)[nH]c(/C=C2\C(=O)Nc3ccc(C(C)C)cc32)c1C. The van der Waals surface area contributed by atoms with E-state index in [2.05, 4.69) is 60.3 Å². The molecule has 31 heavy (non-hydrogen) atoms. The van der Waals surface area contributed by atoms with Crippen molar-refractivity contribution < 1.29 is 9.59 Å². The number of hydrogen-bond donors (Lipinski definition) is 3. The van der Waals surface area contributed by atoms with Crippen LogP contribution >= 0.6 is 0 Å². The summed E-state index contributed by atoms with van der Waals surface area (Å²) in [5.41, 5.74) is 6.65. The number of hydrogen-bond acceptors (Lipinski definition) is 3. The number of rotatable bonds is 8. The minimum absolute atomic E-state index is 0.0820. The van der Waals surface area contributed by atoms with E-state index in [-0.39, 0.29) is 11.8 Å². The molecule has 0 atom stereocenters. The van der Waals surface area contributed by atoms with Gasteiger partial charge in [-0.05, 0) is 62.2 Å². The first-order valence-electron chi connectivity index (χ1n) is 11.1. The van der Waals surface area contributed by atoms with E-state index in [1.807, 2.05) is 26.0 Å². The van der Waals surface area contributed by atoms with Gasteiger partial charge >= 0.3 is 0 Å². The number of anilines is 1. The van der Waals surface area contributed by atoms with Gasteiger partial charge in [0.2, 0.25) is 0 Å². The van der Waals surface area contributed by atoms with Gasteiger partial charge in [0, 0.05) is 35.7 Å². The topological polar surface area (TPSA) is 77.2 Å². The maximum atomic E-state index is 12.8. The Kier molecular flexibility index (Phi) is 7.01. The first-order chi connectivity index (χ1) is 14.8. The second-order valence-corrected chi connectivity index (χ2v) is 8.42.